The number of nitrogens with zero attached hydrogens (tertiary/aromatic N) is 1. The fourth-order valence-corrected chi connectivity index (χ4v) is 1.53. The molecule has 0 radical (unpaired) electrons. The van der Waals surface area contributed by atoms with Gasteiger partial charge in [-0.3, -0.25) is 0 Å². The van der Waals surface area contributed by atoms with Crippen LogP contribution in [0.25, 0.3) is 0 Å². The summed E-state index contributed by atoms with van der Waals surface area (Å²) >= 11 is 11.3. The van der Waals surface area contributed by atoms with Crippen LogP contribution in [0.1, 0.15) is 18.0 Å². The van der Waals surface area contributed by atoms with Gasteiger partial charge in [-0.1, -0.05) is 23.2 Å². The van der Waals surface area contributed by atoms with E-state index in [1.807, 2.05) is 6.07 Å². The van der Waals surface area contributed by atoms with Crippen molar-refractivity contribution in [1.82, 2.24) is 0 Å². The number of benzene rings is 1. The zero-order valence-electron chi connectivity index (χ0n) is 7.10. The van der Waals surface area contributed by atoms with E-state index < -0.39 is 11.9 Å². The van der Waals surface area contributed by atoms with Crippen LogP contribution in [0, 0.1) is 17.1 Å². The maximum Gasteiger partial charge on any atom is 0.148 e. The number of nitriles is 1. The van der Waals surface area contributed by atoms with Crippen molar-refractivity contribution in [3.05, 3.63) is 33.6 Å². The molecule has 1 rings (SSSR count). The van der Waals surface area contributed by atoms with E-state index in [0.717, 1.165) is 0 Å². The van der Waals surface area contributed by atoms with Crippen LogP contribution in [-0.4, -0.2) is 0 Å². The smallest absolute Gasteiger partial charge is 0.148 e. The highest BCUT2D eigenvalue weighted by Gasteiger charge is 2.17. The normalized spacial score (nSPS) is 12.2. The van der Waals surface area contributed by atoms with Crippen molar-refractivity contribution in [1.29, 1.82) is 5.26 Å². The maximum absolute atomic E-state index is 13.4. The van der Waals surface area contributed by atoms with Crippen molar-refractivity contribution in [3.63, 3.8) is 0 Å². The van der Waals surface area contributed by atoms with Crippen molar-refractivity contribution in [2.45, 2.75) is 12.5 Å². The lowest BCUT2D eigenvalue weighted by atomic mass is 10.0. The van der Waals surface area contributed by atoms with Crippen LogP contribution < -0.4 is 5.73 Å². The molecule has 0 amide bonds. The van der Waals surface area contributed by atoms with Gasteiger partial charge in [-0.2, -0.15) is 5.26 Å². The van der Waals surface area contributed by atoms with Gasteiger partial charge in [-0.15, -0.1) is 0 Å². The summed E-state index contributed by atoms with van der Waals surface area (Å²) in [6.07, 6.45) is -0.00299. The third-order valence-electron chi connectivity index (χ3n) is 1.76. The fourth-order valence-electron chi connectivity index (χ4n) is 1.08. The first-order valence-electron chi connectivity index (χ1n) is 3.84. The van der Waals surface area contributed by atoms with Crippen LogP contribution >= 0.6 is 23.2 Å². The highest BCUT2D eigenvalue weighted by molar-refractivity contribution is 6.33. The predicted octanol–water partition coefficient (Wildman–Crippen LogP) is 3.05. The molecule has 1 aromatic rings. The van der Waals surface area contributed by atoms with Crippen LogP contribution in [0.15, 0.2) is 12.1 Å². The van der Waals surface area contributed by atoms with E-state index in [9.17, 15) is 4.39 Å². The van der Waals surface area contributed by atoms with Crippen LogP contribution in [0.5, 0.6) is 0 Å². The van der Waals surface area contributed by atoms with Crippen molar-refractivity contribution in [2.75, 3.05) is 0 Å². The maximum atomic E-state index is 13.4. The minimum atomic E-state index is -0.744. The number of nitrogens with two attached hydrogens (primary N) is 1. The summed E-state index contributed by atoms with van der Waals surface area (Å²) in [5.41, 5.74) is 5.67. The van der Waals surface area contributed by atoms with Gasteiger partial charge in [0.05, 0.1) is 17.5 Å². The Morgan fingerprint density at radius 2 is 2.00 bits per heavy atom. The molecule has 1 aromatic carbocycles. The van der Waals surface area contributed by atoms with Gasteiger partial charge in [0, 0.05) is 16.6 Å². The topological polar surface area (TPSA) is 49.8 Å². The molecule has 1 atom stereocenters. The number of halogens is 3. The molecule has 0 saturated heterocycles. The van der Waals surface area contributed by atoms with Crippen LogP contribution in [0.4, 0.5) is 4.39 Å². The second-order valence-corrected chi connectivity index (χ2v) is 3.54. The highest BCUT2D eigenvalue weighted by Crippen LogP contribution is 2.30. The zero-order chi connectivity index (χ0) is 10.7. The largest absolute Gasteiger partial charge is 0.323 e. The minimum Gasteiger partial charge on any atom is -0.323 e. The Labute approximate surface area is 91.0 Å². The molecule has 0 aliphatic rings. The first-order valence-corrected chi connectivity index (χ1v) is 4.59. The molecule has 0 fully saturated rings. The molecular formula is C9H7Cl2FN2. The molecule has 0 saturated carbocycles. The molecule has 2 N–H and O–H groups in total. The summed E-state index contributed by atoms with van der Waals surface area (Å²) in [7, 11) is 0. The standard InChI is InChI=1S/C9H7Cl2FN2/c10-5-1-2-6(11)9(12)8(5)7(14)3-4-13/h1-2,7H,3,14H2/t7-/m0/s1. The quantitative estimate of drug-likeness (QED) is 0.798. The zero-order valence-corrected chi connectivity index (χ0v) is 8.61. The van der Waals surface area contributed by atoms with Crippen molar-refractivity contribution in [3.8, 4) is 6.07 Å². The van der Waals surface area contributed by atoms with E-state index >= 15 is 0 Å². The second-order valence-electron chi connectivity index (χ2n) is 2.73. The van der Waals surface area contributed by atoms with Gasteiger partial charge in [0.25, 0.3) is 0 Å². The van der Waals surface area contributed by atoms with Gasteiger partial charge >= 0.3 is 0 Å². The third-order valence-corrected chi connectivity index (χ3v) is 2.38. The van der Waals surface area contributed by atoms with Crippen molar-refractivity contribution >= 4 is 23.2 Å². The Bertz CT molecular complexity index is 387. The SMILES string of the molecule is N#CC[C@H](N)c1c(Cl)ccc(Cl)c1F. The van der Waals surface area contributed by atoms with Crippen LogP contribution in [0.2, 0.25) is 10.0 Å². The van der Waals surface area contributed by atoms with Gasteiger partial charge < -0.3 is 5.73 Å². The molecular weight excluding hydrogens is 226 g/mol. The molecule has 74 valence electrons. The Hall–Kier alpha value is -0.820. The Balaban J connectivity index is 3.19. The van der Waals surface area contributed by atoms with E-state index in [1.165, 1.54) is 12.1 Å². The molecule has 0 aliphatic carbocycles. The van der Waals surface area contributed by atoms with E-state index in [-0.39, 0.29) is 22.0 Å². The summed E-state index contributed by atoms with van der Waals surface area (Å²) < 4.78 is 13.4. The summed E-state index contributed by atoms with van der Waals surface area (Å²) in [4.78, 5) is 0. The first-order chi connectivity index (χ1) is 6.57. The lowest BCUT2D eigenvalue weighted by Crippen LogP contribution is -2.12. The van der Waals surface area contributed by atoms with Crippen LogP contribution in [-0.2, 0) is 0 Å². The highest BCUT2D eigenvalue weighted by atomic mass is 35.5. The molecule has 0 bridgehead atoms. The summed E-state index contributed by atoms with van der Waals surface area (Å²) in [6.45, 7) is 0. The van der Waals surface area contributed by atoms with Gasteiger partial charge in [-0.25, -0.2) is 4.39 Å². The summed E-state index contributed by atoms with van der Waals surface area (Å²) in [5.74, 6) is -0.651. The number of hydrogen-bond acceptors (Lipinski definition) is 2. The molecule has 0 unspecified atom stereocenters. The van der Waals surface area contributed by atoms with Gasteiger partial charge in [0.15, 0.2) is 0 Å². The third kappa shape index (κ3) is 2.16. The van der Waals surface area contributed by atoms with Gasteiger partial charge in [0.1, 0.15) is 5.82 Å². The van der Waals surface area contributed by atoms with Crippen molar-refractivity contribution < 1.29 is 4.39 Å². The summed E-state index contributed by atoms with van der Waals surface area (Å²) in [6, 6.07) is 3.91. The van der Waals surface area contributed by atoms with Gasteiger partial charge in [-0.05, 0) is 12.1 Å². The Morgan fingerprint density at radius 3 is 2.57 bits per heavy atom. The van der Waals surface area contributed by atoms with E-state index in [2.05, 4.69) is 0 Å². The van der Waals surface area contributed by atoms with E-state index in [0.29, 0.717) is 0 Å². The first kappa shape index (κ1) is 11.3. The monoisotopic (exact) mass is 232 g/mol. The van der Waals surface area contributed by atoms with E-state index in [1.54, 1.807) is 0 Å². The minimum absolute atomic E-state index is 0.00299. The number of hydrogen-bond donors (Lipinski definition) is 1. The average Bonchev–Trinajstić information content (AvgIpc) is 2.13. The lowest BCUT2D eigenvalue weighted by molar-refractivity contribution is 0.585. The molecule has 14 heavy (non-hydrogen) atoms. The molecule has 0 aromatic heterocycles. The number of rotatable bonds is 2. The molecule has 2 nitrogen and oxygen atoms in total. The molecule has 0 aliphatic heterocycles. The van der Waals surface area contributed by atoms with E-state index in [4.69, 9.17) is 34.2 Å². The average molecular weight is 233 g/mol. The molecule has 0 heterocycles. The van der Waals surface area contributed by atoms with Gasteiger partial charge in [0.2, 0.25) is 0 Å². The predicted molar refractivity (Wildman–Crippen MR) is 53.6 cm³/mol. The van der Waals surface area contributed by atoms with Crippen LogP contribution in [0.3, 0.4) is 0 Å². The Kier molecular flexibility index (Phi) is 3.70. The Morgan fingerprint density at radius 1 is 1.43 bits per heavy atom. The summed E-state index contributed by atoms with van der Waals surface area (Å²) in [5, 5.41) is 8.57. The van der Waals surface area contributed by atoms with Crippen molar-refractivity contribution in [2.24, 2.45) is 5.73 Å². The molecule has 5 heteroatoms. The fraction of sp³-hybridized carbons (Fsp3) is 0.222. The second kappa shape index (κ2) is 4.61. The lowest BCUT2D eigenvalue weighted by Gasteiger charge is -2.11. The molecule has 0 spiro atoms.